The number of halogens is 1. The number of nitrogens with one attached hydrogen (secondary N) is 1. The molecule has 0 saturated carbocycles. The highest BCUT2D eigenvalue weighted by Gasteiger charge is 2.28. The lowest BCUT2D eigenvalue weighted by Gasteiger charge is -2.32. The standard InChI is InChI=1S/C17H30N4O.ClH/c1-12(2)15-10-14(19-21(15)17(3,4)5)16(22)20-9-7-8-13(11-20)18-6;/h10,12-13,18H,7-9,11H2,1-6H3;1H. The molecule has 1 saturated heterocycles. The van der Waals surface area contributed by atoms with Crippen molar-refractivity contribution < 1.29 is 4.79 Å². The zero-order valence-corrected chi connectivity index (χ0v) is 16.0. The first-order valence-electron chi connectivity index (χ1n) is 8.31. The predicted octanol–water partition coefficient (Wildman–Crippen LogP) is 3.01. The Morgan fingerprint density at radius 1 is 1.39 bits per heavy atom. The molecule has 0 spiro atoms. The van der Waals surface area contributed by atoms with Crippen LogP contribution in [0.5, 0.6) is 0 Å². The molecule has 1 aliphatic heterocycles. The molecule has 2 heterocycles. The molecule has 132 valence electrons. The van der Waals surface area contributed by atoms with Crippen molar-refractivity contribution in [2.75, 3.05) is 20.1 Å². The fraction of sp³-hybridized carbons (Fsp3) is 0.765. The fourth-order valence-electron chi connectivity index (χ4n) is 3.01. The molecule has 1 aliphatic rings. The summed E-state index contributed by atoms with van der Waals surface area (Å²) in [7, 11) is 1.96. The highest BCUT2D eigenvalue weighted by Crippen LogP contribution is 2.24. The molecular weight excluding hydrogens is 312 g/mol. The van der Waals surface area contributed by atoms with Crippen LogP contribution in [-0.2, 0) is 5.54 Å². The zero-order valence-electron chi connectivity index (χ0n) is 15.2. The molecule has 6 heteroatoms. The van der Waals surface area contributed by atoms with Gasteiger partial charge in [0.2, 0.25) is 0 Å². The topological polar surface area (TPSA) is 50.2 Å². The van der Waals surface area contributed by atoms with Gasteiger partial charge in [-0.15, -0.1) is 12.4 Å². The lowest BCUT2D eigenvalue weighted by Crippen LogP contribution is -2.47. The third kappa shape index (κ3) is 4.48. The van der Waals surface area contributed by atoms with Gasteiger partial charge >= 0.3 is 0 Å². The number of hydrogen-bond donors (Lipinski definition) is 1. The fourth-order valence-corrected chi connectivity index (χ4v) is 3.01. The summed E-state index contributed by atoms with van der Waals surface area (Å²) in [4.78, 5) is 14.7. The number of amides is 1. The molecular formula is C17H31ClN4O. The average Bonchev–Trinajstić information content (AvgIpc) is 2.92. The Hall–Kier alpha value is -1.07. The molecule has 2 rings (SSSR count). The summed E-state index contributed by atoms with van der Waals surface area (Å²) in [6, 6.07) is 2.37. The molecule has 0 aliphatic carbocycles. The number of hydrogen-bond acceptors (Lipinski definition) is 3. The van der Waals surface area contributed by atoms with E-state index in [1.807, 2.05) is 22.7 Å². The lowest BCUT2D eigenvalue weighted by atomic mass is 10.0. The summed E-state index contributed by atoms with van der Waals surface area (Å²) in [6.45, 7) is 12.3. The highest BCUT2D eigenvalue weighted by atomic mass is 35.5. The third-order valence-electron chi connectivity index (χ3n) is 4.30. The first kappa shape index (κ1) is 20.0. The molecule has 5 nitrogen and oxygen atoms in total. The maximum atomic E-state index is 12.8. The average molecular weight is 343 g/mol. The Morgan fingerprint density at radius 2 is 2.04 bits per heavy atom. The molecule has 1 unspecified atom stereocenters. The molecule has 0 bridgehead atoms. The SMILES string of the molecule is CNC1CCCN(C(=O)c2cc(C(C)C)n(C(C)(C)C)n2)C1.Cl. The number of carbonyl (C=O) groups excluding carboxylic acids is 1. The maximum Gasteiger partial charge on any atom is 0.274 e. The van der Waals surface area contributed by atoms with Gasteiger partial charge in [0.15, 0.2) is 5.69 Å². The van der Waals surface area contributed by atoms with E-state index in [2.05, 4.69) is 45.0 Å². The van der Waals surface area contributed by atoms with Gasteiger partial charge in [-0.2, -0.15) is 5.10 Å². The quantitative estimate of drug-likeness (QED) is 0.918. The lowest BCUT2D eigenvalue weighted by molar-refractivity contribution is 0.0690. The Kier molecular flexibility index (Phi) is 6.66. The number of carbonyl (C=O) groups is 1. The van der Waals surface area contributed by atoms with Crippen LogP contribution in [0.25, 0.3) is 0 Å². The van der Waals surface area contributed by atoms with Crippen molar-refractivity contribution in [1.82, 2.24) is 20.0 Å². The van der Waals surface area contributed by atoms with E-state index in [-0.39, 0.29) is 23.9 Å². The van der Waals surface area contributed by atoms with E-state index in [0.717, 1.165) is 31.6 Å². The van der Waals surface area contributed by atoms with E-state index in [1.54, 1.807) is 0 Å². The number of piperidine rings is 1. The molecule has 0 radical (unpaired) electrons. The van der Waals surface area contributed by atoms with E-state index < -0.39 is 0 Å². The minimum Gasteiger partial charge on any atom is -0.336 e. The maximum absolute atomic E-state index is 12.8. The van der Waals surface area contributed by atoms with Crippen molar-refractivity contribution in [2.24, 2.45) is 0 Å². The van der Waals surface area contributed by atoms with Gasteiger partial charge in [0.25, 0.3) is 5.91 Å². The van der Waals surface area contributed by atoms with Crippen LogP contribution in [0.3, 0.4) is 0 Å². The van der Waals surface area contributed by atoms with Gasteiger partial charge in [0, 0.05) is 24.8 Å². The van der Waals surface area contributed by atoms with Gasteiger partial charge in [-0.25, -0.2) is 0 Å². The molecule has 1 fully saturated rings. The second kappa shape index (κ2) is 7.67. The molecule has 1 N–H and O–H groups in total. The first-order valence-corrected chi connectivity index (χ1v) is 8.31. The van der Waals surface area contributed by atoms with Crippen LogP contribution in [0, 0.1) is 0 Å². The summed E-state index contributed by atoms with van der Waals surface area (Å²) in [5.74, 6) is 0.407. The van der Waals surface area contributed by atoms with Crippen molar-refractivity contribution in [1.29, 1.82) is 0 Å². The second-order valence-corrected chi connectivity index (χ2v) is 7.57. The van der Waals surface area contributed by atoms with Crippen LogP contribution in [0.15, 0.2) is 6.07 Å². The summed E-state index contributed by atoms with van der Waals surface area (Å²) in [6.07, 6.45) is 2.18. The predicted molar refractivity (Wildman–Crippen MR) is 96.5 cm³/mol. The van der Waals surface area contributed by atoms with Gasteiger partial charge in [-0.05, 0) is 52.6 Å². The van der Waals surface area contributed by atoms with E-state index in [4.69, 9.17) is 0 Å². The molecule has 1 atom stereocenters. The monoisotopic (exact) mass is 342 g/mol. The minimum absolute atomic E-state index is 0. The van der Waals surface area contributed by atoms with Gasteiger partial charge in [-0.3, -0.25) is 9.48 Å². The van der Waals surface area contributed by atoms with Gasteiger partial charge in [0.05, 0.1) is 5.54 Å². The van der Waals surface area contributed by atoms with Gasteiger partial charge < -0.3 is 10.2 Å². The Balaban J connectivity index is 0.00000264. The van der Waals surface area contributed by atoms with Crippen molar-refractivity contribution >= 4 is 18.3 Å². The van der Waals surface area contributed by atoms with E-state index in [1.165, 1.54) is 0 Å². The molecule has 1 aromatic heterocycles. The normalized spacial score (nSPS) is 18.9. The van der Waals surface area contributed by atoms with Crippen LogP contribution >= 0.6 is 12.4 Å². The highest BCUT2D eigenvalue weighted by molar-refractivity contribution is 5.92. The van der Waals surface area contributed by atoms with Crippen LogP contribution < -0.4 is 5.32 Å². The first-order chi connectivity index (χ1) is 10.2. The summed E-state index contributed by atoms with van der Waals surface area (Å²) >= 11 is 0. The Bertz CT molecular complexity index is 533. The van der Waals surface area contributed by atoms with Crippen molar-refractivity contribution in [3.63, 3.8) is 0 Å². The van der Waals surface area contributed by atoms with Crippen LogP contribution in [0.4, 0.5) is 0 Å². The van der Waals surface area contributed by atoms with Crippen molar-refractivity contribution in [3.05, 3.63) is 17.5 Å². The van der Waals surface area contributed by atoms with E-state index in [0.29, 0.717) is 17.7 Å². The summed E-state index contributed by atoms with van der Waals surface area (Å²) in [5.41, 5.74) is 1.58. The molecule has 23 heavy (non-hydrogen) atoms. The van der Waals surface area contributed by atoms with Gasteiger partial charge in [-0.1, -0.05) is 13.8 Å². The minimum atomic E-state index is -0.118. The van der Waals surface area contributed by atoms with E-state index >= 15 is 0 Å². The number of aromatic nitrogens is 2. The Morgan fingerprint density at radius 3 is 2.52 bits per heavy atom. The number of likely N-dealkylation sites (tertiary alicyclic amines) is 1. The van der Waals surface area contributed by atoms with E-state index in [9.17, 15) is 4.79 Å². The summed E-state index contributed by atoms with van der Waals surface area (Å²) < 4.78 is 2.00. The smallest absolute Gasteiger partial charge is 0.274 e. The van der Waals surface area contributed by atoms with Crippen LogP contribution in [0.2, 0.25) is 0 Å². The van der Waals surface area contributed by atoms with Crippen molar-refractivity contribution in [3.8, 4) is 0 Å². The second-order valence-electron chi connectivity index (χ2n) is 7.57. The largest absolute Gasteiger partial charge is 0.336 e. The molecule has 0 aromatic carbocycles. The molecule has 1 amide bonds. The van der Waals surface area contributed by atoms with Crippen LogP contribution in [-0.4, -0.2) is 46.8 Å². The molecule has 1 aromatic rings. The third-order valence-corrected chi connectivity index (χ3v) is 4.30. The van der Waals surface area contributed by atoms with Gasteiger partial charge in [0.1, 0.15) is 0 Å². The number of rotatable bonds is 3. The number of likely N-dealkylation sites (N-methyl/N-ethyl adjacent to an activating group) is 1. The summed E-state index contributed by atoms with van der Waals surface area (Å²) in [5, 5.41) is 7.91. The van der Waals surface area contributed by atoms with Crippen LogP contribution in [0.1, 0.15) is 69.6 Å². The van der Waals surface area contributed by atoms with Crippen molar-refractivity contribution in [2.45, 2.75) is 65.0 Å². The number of nitrogens with zero attached hydrogens (tertiary/aromatic N) is 3. The Labute approximate surface area is 146 Å². The zero-order chi connectivity index (χ0) is 16.5.